The summed E-state index contributed by atoms with van der Waals surface area (Å²) in [5, 5.41) is 0. The Kier molecular flexibility index (Phi) is 26.1. The molecule has 1 saturated carbocycles. The summed E-state index contributed by atoms with van der Waals surface area (Å²) >= 11 is 0. The second kappa shape index (κ2) is 25.9. The molecule has 1 fully saturated rings. The van der Waals surface area contributed by atoms with Crippen molar-refractivity contribution in [3.8, 4) is 0 Å². The van der Waals surface area contributed by atoms with Gasteiger partial charge in [-0.25, -0.2) is 0 Å². The monoisotopic (exact) mass is 471 g/mol. The number of unbranched alkanes of at least 4 members (excludes halogenated alkanes) is 15. The molecule has 32 heavy (non-hydrogen) atoms. The van der Waals surface area contributed by atoms with Crippen molar-refractivity contribution in [3.63, 3.8) is 0 Å². The summed E-state index contributed by atoms with van der Waals surface area (Å²) in [6.07, 6.45) is 35.5. The molecule has 0 aliphatic heterocycles. The van der Waals surface area contributed by atoms with Gasteiger partial charge in [0.05, 0.1) is 0 Å². The Labute approximate surface area is 210 Å². The fraction of sp³-hybridized carbons (Fsp3) is 1.00. The lowest BCUT2D eigenvalue weighted by Gasteiger charge is -2.21. The molecule has 0 atom stereocenters. The highest BCUT2D eigenvalue weighted by Gasteiger charge is 2.12. The van der Waals surface area contributed by atoms with E-state index in [1.165, 1.54) is 174 Å². The van der Waals surface area contributed by atoms with E-state index in [1.807, 2.05) is 0 Å². The van der Waals surface area contributed by atoms with Crippen molar-refractivity contribution in [2.75, 3.05) is 19.6 Å². The first-order chi connectivity index (χ1) is 15.4. The van der Waals surface area contributed by atoms with Gasteiger partial charge in [-0.15, -0.1) is 12.4 Å². The Hall–Kier alpha value is 0.250. The first kappa shape index (κ1) is 32.2. The zero-order valence-electron chi connectivity index (χ0n) is 22.5. The average molecular weight is 472 g/mol. The summed E-state index contributed by atoms with van der Waals surface area (Å²) in [5.74, 6) is 1.10. The molecule has 0 aromatic heterocycles. The lowest BCUT2D eigenvalue weighted by molar-refractivity contribution is 0.267. The van der Waals surface area contributed by atoms with Gasteiger partial charge < -0.3 is 4.90 Å². The van der Waals surface area contributed by atoms with Crippen molar-refractivity contribution in [3.05, 3.63) is 0 Å². The van der Waals surface area contributed by atoms with Crippen molar-refractivity contribution < 1.29 is 0 Å². The van der Waals surface area contributed by atoms with Crippen molar-refractivity contribution in [1.82, 2.24) is 4.90 Å². The topological polar surface area (TPSA) is 3.24 Å². The summed E-state index contributed by atoms with van der Waals surface area (Å²) in [7, 11) is 0. The number of rotatable bonds is 23. The first-order valence-corrected chi connectivity index (χ1v) is 15.1. The van der Waals surface area contributed by atoms with E-state index in [1.54, 1.807) is 0 Å². The quantitative estimate of drug-likeness (QED) is 0.134. The third-order valence-corrected chi connectivity index (χ3v) is 7.64. The molecule has 0 aromatic carbocycles. The smallest absolute Gasteiger partial charge is 0.00187 e. The zero-order valence-corrected chi connectivity index (χ0v) is 23.3. The molecular formula is C30H62ClN. The average Bonchev–Trinajstić information content (AvgIpc) is 2.79. The van der Waals surface area contributed by atoms with Gasteiger partial charge in [0.1, 0.15) is 0 Å². The van der Waals surface area contributed by atoms with Crippen LogP contribution in [0.5, 0.6) is 0 Å². The summed E-state index contributed by atoms with van der Waals surface area (Å²) in [6, 6.07) is 0. The van der Waals surface area contributed by atoms with Gasteiger partial charge in [-0.2, -0.15) is 0 Å². The number of hydrogen-bond acceptors (Lipinski definition) is 1. The number of nitrogens with zero attached hydrogens (tertiary/aromatic N) is 1. The van der Waals surface area contributed by atoms with E-state index in [2.05, 4.69) is 18.7 Å². The Morgan fingerprint density at radius 3 is 1.25 bits per heavy atom. The summed E-state index contributed by atoms with van der Waals surface area (Å²) in [5.41, 5.74) is 0. The third-order valence-electron chi connectivity index (χ3n) is 7.64. The van der Waals surface area contributed by atoms with Crippen molar-refractivity contribution in [2.45, 2.75) is 168 Å². The summed E-state index contributed by atoms with van der Waals surface area (Å²) in [4.78, 5) is 2.66. The molecule has 0 spiro atoms. The fourth-order valence-electron chi connectivity index (χ4n) is 5.69. The van der Waals surface area contributed by atoms with Crippen LogP contribution in [0, 0.1) is 5.92 Å². The maximum Gasteiger partial charge on any atom is -0.00187 e. The predicted octanol–water partition coefficient (Wildman–Crippen LogP) is 10.7. The van der Waals surface area contributed by atoms with Crippen LogP contribution in [0.4, 0.5) is 0 Å². The second-order valence-corrected chi connectivity index (χ2v) is 10.8. The Morgan fingerprint density at radius 2 is 0.844 bits per heavy atom. The van der Waals surface area contributed by atoms with Gasteiger partial charge in [-0.1, -0.05) is 149 Å². The van der Waals surface area contributed by atoms with Crippen molar-refractivity contribution in [1.29, 1.82) is 0 Å². The standard InChI is InChI=1S/C30H61N.ClH/c1-3-27-31(28-4-2)29-23-18-16-14-12-10-8-6-5-7-9-11-13-15-17-20-24-30-25-21-19-22-26-30;/h30H,3-29H2,1-2H3;1H. The molecule has 1 nitrogen and oxygen atoms in total. The number of hydrogen-bond donors (Lipinski definition) is 0. The molecule has 0 radical (unpaired) electrons. The van der Waals surface area contributed by atoms with Crippen molar-refractivity contribution in [2.24, 2.45) is 5.92 Å². The molecule has 1 aliphatic carbocycles. The van der Waals surface area contributed by atoms with Crippen LogP contribution in [-0.4, -0.2) is 24.5 Å². The molecule has 0 heterocycles. The van der Waals surface area contributed by atoms with Crippen LogP contribution < -0.4 is 0 Å². The van der Waals surface area contributed by atoms with E-state index in [9.17, 15) is 0 Å². The van der Waals surface area contributed by atoms with Crippen LogP contribution >= 0.6 is 12.4 Å². The predicted molar refractivity (Wildman–Crippen MR) is 149 cm³/mol. The van der Waals surface area contributed by atoms with E-state index in [0.29, 0.717) is 0 Å². The van der Waals surface area contributed by atoms with Gasteiger partial charge in [-0.05, 0) is 44.8 Å². The largest absolute Gasteiger partial charge is 0.303 e. The summed E-state index contributed by atoms with van der Waals surface area (Å²) < 4.78 is 0. The first-order valence-electron chi connectivity index (χ1n) is 15.1. The maximum atomic E-state index is 2.66. The zero-order chi connectivity index (χ0) is 22.2. The highest BCUT2D eigenvalue weighted by Crippen LogP contribution is 2.28. The Bertz CT molecular complexity index is 334. The minimum Gasteiger partial charge on any atom is -0.303 e. The van der Waals surface area contributed by atoms with Gasteiger partial charge in [0.25, 0.3) is 0 Å². The van der Waals surface area contributed by atoms with Crippen LogP contribution in [0.2, 0.25) is 0 Å². The number of halogens is 1. The van der Waals surface area contributed by atoms with Gasteiger partial charge in [0.2, 0.25) is 0 Å². The molecule has 0 bridgehead atoms. The van der Waals surface area contributed by atoms with E-state index >= 15 is 0 Å². The third kappa shape index (κ3) is 20.8. The minimum absolute atomic E-state index is 0. The molecular weight excluding hydrogens is 410 g/mol. The minimum atomic E-state index is 0. The fourth-order valence-corrected chi connectivity index (χ4v) is 5.69. The highest BCUT2D eigenvalue weighted by molar-refractivity contribution is 5.85. The van der Waals surface area contributed by atoms with E-state index in [-0.39, 0.29) is 12.4 Å². The maximum absolute atomic E-state index is 2.66. The molecule has 0 aromatic rings. The van der Waals surface area contributed by atoms with Crippen LogP contribution in [-0.2, 0) is 0 Å². The molecule has 0 N–H and O–H groups in total. The molecule has 0 amide bonds. The normalized spacial score (nSPS) is 14.7. The lowest BCUT2D eigenvalue weighted by atomic mass is 9.85. The van der Waals surface area contributed by atoms with Crippen LogP contribution in [0.3, 0.4) is 0 Å². The van der Waals surface area contributed by atoms with Gasteiger partial charge >= 0.3 is 0 Å². The Morgan fingerprint density at radius 1 is 0.469 bits per heavy atom. The van der Waals surface area contributed by atoms with Crippen LogP contribution in [0.1, 0.15) is 168 Å². The van der Waals surface area contributed by atoms with Gasteiger partial charge in [0.15, 0.2) is 0 Å². The SMILES string of the molecule is CCCN(CCC)CCCCCCCCCCCCCCCCCCC1CCCCC1.Cl. The second-order valence-electron chi connectivity index (χ2n) is 10.8. The van der Waals surface area contributed by atoms with Gasteiger partial charge in [0, 0.05) is 0 Å². The molecule has 2 heteroatoms. The molecule has 194 valence electrons. The Balaban J connectivity index is 0.00000961. The van der Waals surface area contributed by atoms with E-state index < -0.39 is 0 Å². The van der Waals surface area contributed by atoms with Crippen LogP contribution in [0.15, 0.2) is 0 Å². The highest BCUT2D eigenvalue weighted by atomic mass is 35.5. The van der Waals surface area contributed by atoms with E-state index in [0.717, 1.165) is 5.92 Å². The lowest BCUT2D eigenvalue weighted by Crippen LogP contribution is -2.26. The van der Waals surface area contributed by atoms with Gasteiger partial charge in [-0.3, -0.25) is 0 Å². The van der Waals surface area contributed by atoms with Crippen LogP contribution in [0.25, 0.3) is 0 Å². The van der Waals surface area contributed by atoms with E-state index in [4.69, 9.17) is 0 Å². The van der Waals surface area contributed by atoms with Crippen molar-refractivity contribution >= 4 is 12.4 Å². The summed E-state index contributed by atoms with van der Waals surface area (Å²) in [6.45, 7) is 8.55. The molecule has 0 unspecified atom stereocenters. The molecule has 1 rings (SSSR count). The molecule has 0 saturated heterocycles. The molecule has 1 aliphatic rings.